The van der Waals surface area contributed by atoms with Crippen LogP contribution in [-0.2, 0) is 6.42 Å². The van der Waals surface area contributed by atoms with Gasteiger partial charge in [-0.05, 0) is 24.5 Å². The van der Waals surface area contributed by atoms with Crippen LogP contribution in [0.3, 0.4) is 0 Å². The largest absolute Gasteiger partial charge is 0.384 e. The van der Waals surface area contributed by atoms with Gasteiger partial charge in [-0.2, -0.15) is 0 Å². The van der Waals surface area contributed by atoms with Gasteiger partial charge in [-0.25, -0.2) is 0 Å². The molecule has 84 valence electrons. The summed E-state index contributed by atoms with van der Waals surface area (Å²) in [5.74, 6) is 0.586. The Balaban J connectivity index is 2.06. The molecule has 2 nitrogen and oxygen atoms in total. The quantitative estimate of drug-likeness (QED) is 0.676. The number of hydrogen-bond acceptors (Lipinski definition) is 2. The Hall–Kier alpha value is -1.02. The van der Waals surface area contributed by atoms with Gasteiger partial charge in [0.15, 0.2) is 0 Å². The third-order valence-corrected chi connectivity index (χ3v) is 4.45. The molecule has 2 aliphatic rings. The van der Waals surface area contributed by atoms with Gasteiger partial charge in [-0.15, -0.1) is 0 Å². The molecular weight excluding hydrogens is 198 g/mol. The van der Waals surface area contributed by atoms with E-state index in [1.807, 2.05) is 12.3 Å². The minimum absolute atomic E-state index is 0.166. The van der Waals surface area contributed by atoms with E-state index in [1.165, 1.54) is 5.56 Å². The molecule has 0 amide bonds. The van der Waals surface area contributed by atoms with Gasteiger partial charge in [-0.3, -0.25) is 4.98 Å². The Morgan fingerprint density at radius 2 is 2.44 bits per heavy atom. The van der Waals surface area contributed by atoms with Gasteiger partial charge in [-0.1, -0.05) is 13.0 Å². The van der Waals surface area contributed by atoms with E-state index in [1.54, 1.807) is 0 Å². The molecule has 2 aliphatic carbocycles. The average Bonchev–Trinajstić information content (AvgIpc) is 2.31. The molecule has 1 aromatic heterocycles. The molecule has 0 unspecified atom stereocenters. The predicted molar refractivity (Wildman–Crippen MR) is 62.9 cm³/mol. The molecule has 1 aromatic rings. The molecule has 1 fully saturated rings. The topological polar surface area (TPSA) is 33.1 Å². The van der Waals surface area contributed by atoms with Crippen molar-refractivity contribution in [2.75, 3.05) is 0 Å². The second-order valence-corrected chi connectivity index (χ2v) is 5.23. The molecule has 1 heterocycles. The van der Waals surface area contributed by atoms with Crippen molar-refractivity contribution in [3.63, 3.8) is 0 Å². The number of hydrogen-bond donors (Lipinski definition) is 1. The van der Waals surface area contributed by atoms with Gasteiger partial charge in [0.05, 0.1) is 12.8 Å². The van der Waals surface area contributed by atoms with Gasteiger partial charge >= 0.3 is 0 Å². The Labute approximate surface area is 96.7 Å². The first kappa shape index (κ1) is 10.2. The maximum absolute atomic E-state index is 10.8. The monoisotopic (exact) mass is 216 g/mol. The smallest absolute Gasteiger partial charge is 0.117 e. The first-order chi connectivity index (χ1) is 7.72. The summed E-state index contributed by atoms with van der Waals surface area (Å²) in [6, 6.07) is 4.17. The summed E-state index contributed by atoms with van der Waals surface area (Å²) in [4.78, 5) is 4.46. The third-order valence-electron chi connectivity index (χ3n) is 4.45. The van der Waals surface area contributed by atoms with Crippen LogP contribution in [0.2, 0.25) is 0 Å². The highest BCUT2D eigenvalue weighted by Gasteiger charge is 2.51. The summed E-state index contributed by atoms with van der Waals surface area (Å²) in [5.41, 5.74) is 1.91. The Morgan fingerprint density at radius 3 is 3.31 bits per heavy atom. The number of pyridine rings is 1. The summed E-state index contributed by atoms with van der Waals surface area (Å²) in [6.45, 7) is 2.12. The van der Waals surface area contributed by atoms with Gasteiger partial charge in [0.2, 0.25) is 0 Å². The molecule has 0 bridgehead atoms. The molecule has 2 heteroatoms. The minimum Gasteiger partial charge on any atom is -0.384 e. The molecule has 0 radical (unpaired) electrons. The maximum atomic E-state index is 10.8. The fourth-order valence-corrected chi connectivity index (χ4v) is 3.39. The van der Waals surface area contributed by atoms with Crippen molar-refractivity contribution >= 4 is 0 Å². The van der Waals surface area contributed by atoms with E-state index in [4.69, 9.17) is 0 Å². The van der Waals surface area contributed by atoms with Crippen LogP contribution < -0.4 is 0 Å². The van der Waals surface area contributed by atoms with Crippen molar-refractivity contribution in [1.82, 2.24) is 4.98 Å². The van der Waals surface area contributed by atoms with Crippen molar-refractivity contribution < 1.29 is 5.11 Å². The Bertz CT molecular complexity index is 403. The van der Waals surface area contributed by atoms with Crippen LogP contribution in [0.1, 0.15) is 43.4 Å². The zero-order valence-corrected chi connectivity index (χ0v) is 9.69. The zero-order chi connectivity index (χ0) is 11.2. The van der Waals surface area contributed by atoms with Crippen LogP contribution in [0.5, 0.6) is 0 Å². The average molecular weight is 216 g/mol. The van der Waals surface area contributed by atoms with Gasteiger partial charge in [0.25, 0.3) is 0 Å². The van der Waals surface area contributed by atoms with Crippen molar-refractivity contribution in [3.8, 4) is 0 Å². The van der Waals surface area contributed by atoms with E-state index in [2.05, 4.69) is 24.4 Å². The van der Waals surface area contributed by atoms with E-state index in [9.17, 15) is 5.11 Å². The van der Waals surface area contributed by atoms with E-state index >= 15 is 0 Å². The SMILES string of the molecule is C[C@@H]1c2ncccc2C[C@@H]2CC[CH+]C[C@]21O. The predicted octanol–water partition coefficient (Wildman–Crippen LogP) is 2.48. The number of aromatic nitrogens is 1. The summed E-state index contributed by atoms with van der Waals surface area (Å²) in [7, 11) is 0. The maximum Gasteiger partial charge on any atom is 0.117 e. The van der Waals surface area contributed by atoms with Crippen LogP contribution in [0.25, 0.3) is 0 Å². The van der Waals surface area contributed by atoms with Crippen molar-refractivity contribution in [2.45, 2.75) is 44.1 Å². The standard InChI is InChI=1S/C14H18NO/c1-10-13-11(5-4-8-15-13)9-12-6-2-3-7-14(10,12)16/h3-5,8,10,12,16H,2,6-7,9H2,1H3/q+1/t10-,12+,14-/m1/s1. The van der Waals surface area contributed by atoms with Gasteiger partial charge in [0, 0.05) is 23.7 Å². The van der Waals surface area contributed by atoms with Gasteiger partial charge < -0.3 is 5.11 Å². The molecule has 0 aliphatic heterocycles. The number of rotatable bonds is 0. The Morgan fingerprint density at radius 1 is 1.56 bits per heavy atom. The van der Waals surface area contributed by atoms with Crippen molar-refractivity contribution in [1.29, 1.82) is 0 Å². The molecule has 0 spiro atoms. The lowest BCUT2D eigenvalue weighted by Crippen LogP contribution is -2.49. The normalized spacial score (nSPS) is 37.1. The van der Waals surface area contributed by atoms with Crippen molar-refractivity contribution in [2.24, 2.45) is 5.92 Å². The van der Waals surface area contributed by atoms with Crippen LogP contribution >= 0.6 is 0 Å². The van der Waals surface area contributed by atoms with Crippen LogP contribution in [0.15, 0.2) is 18.3 Å². The first-order valence-electron chi connectivity index (χ1n) is 6.19. The highest BCUT2D eigenvalue weighted by Crippen LogP contribution is 2.48. The molecular formula is C14H18NO+. The second-order valence-electron chi connectivity index (χ2n) is 5.23. The second kappa shape index (κ2) is 3.49. The summed E-state index contributed by atoms with van der Waals surface area (Å²) in [6.07, 6.45) is 8.17. The lowest BCUT2D eigenvalue weighted by Gasteiger charge is -2.44. The fourth-order valence-electron chi connectivity index (χ4n) is 3.39. The van der Waals surface area contributed by atoms with E-state index in [0.717, 1.165) is 31.4 Å². The molecule has 0 saturated heterocycles. The highest BCUT2D eigenvalue weighted by molar-refractivity contribution is 5.31. The van der Waals surface area contributed by atoms with Crippen LogP contribution in [0, 0.1) is 12.3 Å². The molecule has 3 atom stereocenters. The zero-order valence-electron chi connectivity index (χ0n) is 9.69. The minimum atomic E-state index is -0.542. The van der Waals surface area contributed by atoms with Crippen molar-refractivity contribution in [3.05, 3.63) is 36.0 Å². The molecule has 16 heavy (non-hydrogen) atoms. The Kier molecular flexibility index (Phi) is 2.21. The molecule has 0 aromatic carbocycles. The lowest BCUT2D eigenvalue weighted by atomic mass is 9.62. The van der Waals surface area contributed by atoms with Crippen LogP contribution in [-0.4, -0.2) is 15.7 Å². The summed E-state index contributed by atoms with van der Waals surface area (Å²) in [5, 5.41) is 10.8. The van der Waals surface area contributed by atoms with Gasteiger partial charge in [0.1, 0.15) is 12.0 Å². The highest BCUT2D eigenvalue weighted by atomic mass is 16.3. The summed E-state index contributed by atoms with van der Waals surface area (Å²) < 4.78 is 0. The van der Waals surface area contributed by atoms with Crippen LogP contribution in [0.4, 0.5) is 0 Å². The molecule has 1 N–H and O–H groups in total. The third kappa shape index (κ3) is 1.29. The lowest BCUT2D eigenvalue weighted by molar-refractivity contribution is -0.0619. The molecule has 3 rings (SSSR count). The van der Waals surface area contributed by atoms with E-state index in [0.29, 0.717) is 5.92 Å². The first-order valence-corrected chi connectivity index (χ1v) is 6.19. The summed E-state index contributed by atoms with van der Waals surface area (Å²) >= 11 is 0. The number of nitrogens with zero attached hydrogens (tertiary/aromatic N) is 1. The van der Waals surface area contributed by atoms with E-state index in [-0.39, 0.29) is 5.92 Å². The molecule has 1 saturated carbocycles. The number of aliphatic hydroxyl groups is 1. The number of fused-ring (bicyclic) bond motifs is 2. The fraction of sp³-hybridized carbons (Fsp3) is 0.571. The van der Waals surface area contributed by atoms with E-state index < -0.39 is 5.60 Å².